The van der Waals surface area contributed by atoms with Gasteiger partial charge < -0.3 is 14.8 Å². The second kappa shape index (κ2) is 9.64. The van der Waals surface area contributed by atoms with Gasteiger partial charge in [-0.25, -0.2) is 0 Å². The number of benzene rings is 2. The van der Waals surface area contributed by atoms with Gasteiger partial charge in [0, 0.05) is 13.7 Å². The molecule has 5 nitrogen and oxygen atoms in total. The van der Waals surface area contributed by atoms with E-state index < -0.39 is 0 Å². The molecule has 0 aromatic heterocycles. The topological polar surface area (TPSA) is 59.6 Å². The molecule has 2 aromatic rings. The maximum Gasteiger partial charge on any atom is 0.261 e. The molecular formula is C18H20N2O3S. The molecule has 0 unspecified atom stereocenters. The van der Waals surface area contributed by atoms with Crippen LogP contribution in [0.3, 0.4) is 0 Å². The smallest absolute Gasteiger partial charge is 0.261 e. The predicted molar refractivity (Wildman–Crippen MR) is 97.2 cm³/mol. The molecule has 0 aliphatic rings. The fourth-order valence-corrected chi connectivity index (χ4v) is 2.17. The number of amides is 1. The minimum atomic E-state index is -0.312. The van der Waals surface area contributed by atoms with Gasteiger partial charge in [-0.1, -0.05) is 42.5 Å². The van der Waals surface area contributed by atoms with Crippen LogP contribution in [0.4, 0.5) is 0 Å². The fraction of sp³-hybridized carbons (Fsp3) is 0.222. The van der Waals surface area contributed by atoms with E-state index in [2.05, 4.69) is 10.6 Å². The summed E-state index contributed by atoms with van der Waals surface area (Å²) in [5.74, 6) is 0.187. The molecule has 0 fully saturated rings. The molecular weight excluding hydrogens is 324 g/mol. The lowest BCUT2D eigenvalue weighted by Crippen LogP contribution is -2.39. The summed E-state index contributed by atoms with van der Waals surface area (Å²) in [5, 5.41) is 5.95. The van der Waals surface area contributed by atoms with Gasteiger partial charge in [0.25, 0.3) is 5.91 Å². The molecule has 0 spiro atoms. The molecule has 2 aromatic carbocycles. The van der Waals surface area contributed by atoms with Gasteiger partial charge in [0.15, 0.2) is 5.11 Å². The quantitative estimate of drug-likeness (QED) is 0.597. The van der Waals surface area contributed by atoms with E-state index >= 15 is 0 Å². The van der Waals surface area contributed by atoms with Gasteiger partial charge >= 0.3 is 0 Å². The Bertz CT molecular complexity index is 677. The molecule has 0 radical (unpaired) electrons. The van der Waals surface area contributed by atoms with Crippen LogP contribution >= 0.6 is 12.2 Å². The number of thiocarbonyl (C=S) groups is 1. The molecule has 0 atom stereocenters. The van der Waals surface area contributed by atoms with Crippen LogP contribution in [-0.4, -0.2) is 31.3 Å². The molecule has 0 aliphatic heterocycles. The Labute approximate surface area is 147 Å². The average molecular weight is 344 g/mol. The molecule has 0 bridgehead atoms. The Kier molecular flexibility index (Phi) is 7.20. The number of methoxy groups -OCH3 is 1. The molecule has 0 aliphatic carbocycles. The van der Waals surface area contributed by atoms with Crippen LogP contribution < -0.4 is 15.4 Å². The lowest BCUT2D eigenvalue weighted by Gasteiger charge is -2.13. The lowest BCUT2D eigenvalue weighted by molar-refractivity contribution is 0.0968. The maximum absolute atomic E-state index is 12.4. The van der Waals surface area contributed by atoms with Gasteiger partial charge in [0.1, 0.15) is 12.4 Å². The van der Waals surface area contributed by atoms with Gasteiger partial charge in [-0.2, -0.15) is 0 Å². The molecule has 0 saturated carbocycles. The van der Waals surface area contributed by atoms with E-state index in [1.54, 1.807) is 25.3 Å². The molecule has 2 rings (SSSR count). The summed E-state index contributed by atoms with van der Waals surface area (Å²) >= 11 is 5.18. The SMILES string of the molecule is COCCOc1ccccc1C(=O)NC(=S)NCc1ccccc1. The van der Waals surface area contributed by atoms with Crippen LogP contribution in [0.1, 0.15) is 15.9 Å². The normalized spacial score (nSPS) is 10.0. The van der Waals surface area contributed by atoms with Crippen molar-refractivity contribution in [2.45, 2.75) is 6.54 Å². The Morgan fingerprint density at radius 1 is 1.04 bits per heavy atom. The fourth-order valence-electron chi connectivity index (χ4n) is 2.01. The number of ether oxygens (including phenoxy) is 2. The van der Waals surface area contributed by atoms with Crippen molar-refractivity contribution < 1.29 is 14.3 Å². The zero-order chi connectivity index (χ0) is 17.2. The number of carbonyl (C=O) groups excluding carboxylic acids is 1. The number of carbonyl (C=O) groups is 1. The Balaban J connectivity index is 1.90. The van der Waals surface area contributed by atoms with Gasteiger partial charge in [0.2, 0.25) is 0 Å². The largest absolute Gasteiger partial charge is 0.490 e. The van der Waals surface area contributed by atoms with Crippen LogP contribution in [0.5, 0.6) is 5.75 Å². The Morgan fingerprint density at radius 2 is 1.75 bits per heavy atom. The molecule has 6 heteroatoms. The minimum absolute atomic E-state index is 0.274. The van der Waals surface area contributed by atoms with Crippen LogP contribution in [0.15, 0.2) is 54.6 Å². The zero-order valence-electron chi connectivity index (χ0n) is 13.5. The van der Waals surface area contributed by atoms with Crippen molar-refractivity contribution in [3.8, 4) is 5.75 Å². The third-order valence-electron chi connectivity index (χ3n) is 3.20. The van der Waals surface area contributed by atoms with Gasteiger partial charge in [0.05, 0.1) is 12.2 Å². The van der Waals surface area contributed by atoms with Crippen molar-refractivity contribution in [2.75, 3.05) is 20.3 Å². The van der Waals surface area contributed by atoms with Crippen molar-refractivity contribution in [1.82, 2.24) is 10.6 Å². The highest BCUT2D eigenvalue weighted by molar-refractivity contribution is 7.80. The third kappa shape index (κ3) is 5.64. The third-order valence-corrected chi connectivity index (χ3v) is 3.45. The van der Waals surface area contributed by atoms with Crippen molar-refractivity contribution in [3.63, 3.8) is 0 Å². The van der Waals surface area contributed by atoms with Crippen LogP contribution in [0.2, 0.25) is 0 Å². The summed E-state index contributed by atoms with van der Waals surface area (Å²) in [6.07, 6.45) is 0. The van der Waals surface area contributed by atoms with Crippen LogP contribution in [-0.2, 0) is 11.3 Å². The minimum Gasteiger partial charge on any atom is -0.490 e. The lowest BCUT2D eigenvalue weighted by atomic mass is 10.2. The molecule has 0 heterocycles. The van der Waals surface area contributed by atoms with Crippen LogP contribution in [0, 0.1) is 0 Å². The van der Waals surface area contributed by atoms with Crippen molar-refractivity contribution in [2.24, 2.45) is 0 Å². The summed E-state index contributed by atoms with van der Waals surface area (Å²) in [7, 11) is 1.60. The summed E-state index contributed by atoms with van der Waals surface area (Å²) in [6.45, 7) is 1.37. The van der Waals surface area contributed by atoms with Gasteiger partial charge in [-0.15, -0.1) is 0 Å². The van der Waals surface area contributed by atoms with Gasteiger partial charge in [-0.3, -0.25) is 10.1 Å². The Hall–Kier alpha value is -2.44. The van der Waals surface area contributed by atoms with E-state index in [9.17, 15) is 4.79 Å². The standard InChI is InChI=1S/C18H20N2O3S/c1-22-11-12-23-16-10-6-5-9-15(16)17(21)20-18(24)19-13-14-7-3-2-4-8-14/h2-10H,11-13H2,1H3,(H2,19,20,21,24). The van der Waals surface area contributed by atoms with E-state index in [0.29, 0.717) is 31.1 Å². The molecule has 1 amide bonds. The second-order valence-corrected chi connectivity index (χ2v) is 5.37. The summed E-state index contributed by atoms with van der Waals surface area (Å²) < 4.78 is 10.5. The number of nitrogens with one attached hydrogen (secondary N) is 2. The summed E-state index contributed by atoms with van der Waals surface area (Å²) in [4.78, 5) is 12.4. The number of para-hydroxylation sites is 1. The van der Waals surface area contributed by atoms with Crippen molar-refractivity contribution in [1.29, 1.82) is 0 Å². The second-order valence-electron chi connectivity index (χ2n) is 4.96. The highest BCUT2D eigenvalue weighted by Crippen LogP contribution is 2.17. The first-order valence-corrected chi connectivity index (χ1v) is 7.95. The molecule has 0 saturated heterocycles. The zero-order valence-corrected chi connectivity index (χ0v) is 14.3. The van der Waals surface area contributed by atoms with E-state index in [-0.39, 0.29) is 11.0 Å². The van der Waals surface area contributed by atoms with Crippen molar-refractivity contribution >= 4 is 23.2 Å². The number of rotatable bonds is 7. The predicted octanol–water partition coefficient (Wildman–Crippen LogP) is 2.52. The molecule has 126 valence electrons. The van der Waals surface area contributed by atoms with E-state index in [0.717, 1.165) is 5.56 Å². The maximum atomic E-state index is 12.4. The van der Waals surface area contributed by atoms with Crippen LogP contribution in [0.25, 0.3) is 0 Å². The first-order chi connectivity index (χ1) is 11.7. The molecule has 2 N–H and O–H groups in total. The van der Waals surface area contributed by atoms with Gasteiger partial charge in [-0.05, 0) is 29.9 Å². The first kappa shape index (κ1) is 17.9. The average Bonchev–Trinajstić information content (AvgIpc) is 2.61. The Morgan fingerprint density at radius 3 is 2.50 bits per heavy atom. The summed E-state index contributed by atoms with van der Waals surface area (Å²) in [5.41, 5.74) is 1.51. The summed E-state index contributed by atoms with van der Waals surface area (Å²) in [6, 6.07) is 16.8. The number of hydrogen-bond donors (Lipinski definition) is 2. The van der Waals surface area contributed by atoms with E-state index in [1.165, 1.54) is 0 Å². The first-order valence-electron chi connectivity index (χ1n) is 7.54. The van der Waals surface area contributed by atoms with E-state index in [1.807, 2.05) is 36.4 Å². The van der Waals surface area contributed by atoms with Crippen molar-refractivity contribution in [3.05, 3.63) is 65.7 Å². The molecule has 24 heavy (non-hydrogen) atoms. The highest BCUT2D eigenvalue weighted by Gasteiger charge is 2.13. The van der Waals surface area contributed by atoms with E-state index in [4.69, 9.17) is 21.7 Å². The number of hydrogen-bond acceptors (Lipinski definition) is 4. The highest BCUT2D eigenvalue weighted by atomic mass is 32.1. The monoisotopic (exact) mass is 344 g/mol.